The summed E-state index contributed by atoms with van der Waals surface area (Å²) in [6.45, 7) is 6.57. The summed E-state index contributed by atoms with van der Waals surface area (Å²) in [5.74, 6) is 1.02. The maximum atomic E-state index is 9.73. The Hall–Kier alpha value is -0.510. The monoisotopic (exact) mass is 239 g/mol. The van der Waals surface area contributed by atoms with Gasteiger partial charge in [0.1, 0.15) is 0 Å². The molecular formula is C13H21NOS. The van der Waals surface area contributed by atoms with Crippen molar-refractivity contribution in [3.05, 3.63) is 30.3 Å². The molecule has 0 spiro atoms. The van der Waals surface area contributed by atoms with Crippen LogP contribution in [0.3, 0.4) is 0 Å². The van der Waals surface area contributed by atoms with Crippen molar-refractivity contribution in [3.63, 3.8) is 0 Å². The van der Waals surface area contributed by atoms with E-state index in [1.54, 1.807) is 0 Å². The lowest BCUT2D eigenvalue weighted by Crippen LogP contribution is -2.45. The van der Waals surface area contributed by atoms with Crippen molar-refractivity contribution in [2.75, 3.05) is 12.3 Å². The molecule has 90 valence electrons. The Morgan fingerprint density at radius 2 is 1.94 bits per heavy atom. The minimum absolute atomic E-state index is 0.115. The summed E-state index contributed by atoms with van der Waals surface area (Å²) in [6.07, 6.45) is 0. The number of aliphatic hydroxyl groups is 1. The first-order valence-electron chi connectivity index (χ1n) is 5.64. The quantitative estimate of drug-likeness (QED) is 0.591. The van der Waals surface area contributed by atoms with Gasteiger partial charge >= 0.3 is 0 Å². The summed E-state index contributed by atoms with van der Waals surface area (Å²) < 4.78 is 0. The standard InChI is InChI=1S/C13H21NOS/c1-11(13(2,3)15)14-9-10-16-12-7-5-4-6-8-12/h4-8,11,14-15H,9-10H2,1-3H3. The predicted octanol–water partition coefficient (Wildman–Crippen LogP) is 2.53. The zero-order chi connectivity index (χ0) is 12.0. The fourth-order valence-corrected chi connectivity index (χ4v) is 2.02. The van der Waals surface area contributed by atoms with Gasteiger partial charge in [0.2, 0.25) is 0 Å². The zero-order valence-corrected chi connectivity index (χ0v) is 11.1. The summed E-state index contributed by atoms with van der Waals surface area (Å²) in [5, 5.41) is 13.1. The second kappa shape index (κ2) is 6.28. The van der Waals surface area contributed by atoms with Gasteiger partial charge in [-0.15, -0.1) is 11.8 Å². The lowest BCUT2D eigenvalue weighted by Gasteiger charge is -2.26. The topological polar surface area (TPSA) is 32.3 Å². The van der Waals surface area contributed by atoms with Gasteiger partial charge in [-0.3, -0.25) is 0 Å². The number of hydrogen-bond acceptors (Lipinski definition) is 3. The Morgan fingerprint density at radius 1 is 1.31 bits per heavy atom. The highest BCUT2D eigenvalue weighted by molar-refractivity contribution is 7.99. The zero-order valence-electron chi connectivity index (χ0n) is 10.2. The molecule has 2 nitrogen and oxygen atoms in total. The second-order valence-corrected chi connectivity index (χ2v) is 5.66. The summed E-state index contributed by atoms with van der Waals surface area (Å²) in [5.41, 5.74) is -0.655. The van der Waals surface area contributed by atoms with E-state index >= 15 is 0 Å². The van der Waals surface area contributed by atoms with E-state index in [9.17, 15) is 5.11 Å². The molecule has 0 aromatic heterocycles. The highest BCUT2D eigenvalue weighted by atomic mass is 32.2. The molecule has 0 heterocycles. The molecule has 1 unspecified atom stereocenters. The van der Waals surface area contributed by atoms with E-state index < -0.39 is 5.60 Å². The van der Waals surface area contributed by atoms with Gasteiger partial charge in [-0.2, -0.15) is 0 Å². The van der Waals surface area contributed by atoms with Crippen LogP contribution in [0.5, 0.6) is 0 Å². The third kappa shape index (κ3) is 5.01. The third-order valence-corrected chi connectivity index (χ3v) is 3.64. The normalized spacial score (nSPS) is 13.8. The second-order valence-electron chi connectivity index (χ2n) is 4.49. The number of hydrogen-bond donors (Lipinski definition) is 2. The van der Waals surface area contributed by atoms with Crippen LogP contribution in [0.1, 0.15) is 20.8 Å². The number of thioether (sulfide) groups is 1. The lowest BCUT2D eigenvalue weighted by atomic mass is 10.0. The summed E-state index contributed by atoms with van der Waals surface area (Å²) >= 11 is 1.83. The molecule has 1 rings (SSSR count). The maximum absolute atomic E-state index is 9.73. The van der Waals surface area contributed by atoms with E-state index in [-0.39, 0.29) is 6.04 Å². The van der Waals surface area contributed by atoms with Crippen molar-refractivity contribution in [2.24, 2.45) is 0 Å². The Bertz CT molecular complexity index is 295. The van der Waals surface area contributed by atoms with E-state index in [1.807, 2.05) is 38.6 Å². The van der Waals surface area contributed by atoms with Crippen LogP contribution < -0.4 is 5.32 Å². The summed E-state index contributed by atoms with van der Waals surface area (Å²) in [7, 11) is 0. The molecule has 1 atom stereocenters. The fourth-order valence-electron chi connectivity index (χ4n) is 1.21. The van der Waals surface area contributed by atoms with Crippen LogP contribution in [0.4, 0.5) is 0 Å². The molecule has 1 aromatic rings. The highest BCUT2D eigenvalue weighted by Crippen LogP contribution is 2.16. The first-order valence-corrected chi connectivity index (χ1v) is 6.62. The van der Waals surface area contributed by atoms with E-state index in [1.165, 1.54) is 4.90 Å². The molecule has 3 heteroatoms. The van der Waals surface area contributed by atoms with Crippen molar-refractivity contribution in [1.29, 1.82) is 0 Å². The summed E-state index contributed by atoms with van der Waals surface area (Å²) in [6, 6.07) is 10.5. The largest absolute Gasteiger partial charge is 0.389 e. The molecule has 0 aliphatic carbocycles. The molecule has 1 aromatic carbocycles. The predicted molar refractivity (Wildman–Crippen MR) is 70.9 cm³/mol. The van der Waals surface area contributed by atoms with E-state index in [0.29, 0.717) is 0 Å². The number of benzene rings is 1. The van der Waals surface area contributed by atoms with Crippen molar-refractivity contribution >= 4 is 11.8 Å². The maximum Gasteiger partial charge on any atom is 0.0741 e. The fraction of sp³-hybridized carbons (Fsp3) is 0.538. The number of nitrogens with one attached hydrogen (secondary N) is 1. The molecule has 0 saturated heterocycles. The molecule has 0 fully saturated rings. The van der Waals surface area contributed by atoms with Crippen LogP contribution in [0.2, 0.25) is 0 Å². The molecule has 0 bridgehead atoms. The van der Waals surface area contributed by atoms with Crippen LogP contribution in [0, 0.1) is 0 Å². The first kappa shape index (κ1) is 13.6. The van der Waals surface area contributed by atoms with Gasteiger partial charge in [-0.05, 0) is 32.9 Å². The minimum Gasteiger partial charge on any atom is -0.389 e. The van der Waals surface area contributed by atoms with Gasteiger partial charge in [0.25, 0.3) is 0 Å². The van der Waals surface area contributed by atoms with Gasteiger partial charge in [0.05, 0.1) is 5.60 Å². The molecule has 0 aliphatic heterocycles. The van der Waals surface area contributed by atoms with E-state index in [0.717, 1.165) is 12.3 Å². The first-order chi connectivity index (χ1) is 7.50. The third-order valence-electron chi connectivity index (χ3n) is 2.62. The van der Waals surface area contributed by atoms with Gasteiger partial charge in [0, 0.05) is 23.2 Å². The average molecular weight is 239 g/mol. The van der Waals surface area contributed by atoms with Gasteiger partial charge in [-0.1, -0.05) is 18.2 Å². The molecule has 2 N–H and O–H groups in total. The van der Waals surface area contributed by atoms with Crippen molar-refractivity contribution in [1.82, 2.24) is 5.32 Å². The Labute approximate surface area is 102 Å². The van der Waals surface area contributed by atoms with E-state index in [4.69, 9.17) is 0 Å². The van der Waals surface area contributed by atoms with Crippen LogP contribution >= 0.6 is 11.8 Å². The van der Waals surface area contributed by atoms with Crippen LogP contribution in [0.15, 0.2) is 35.2 Å². The SMILES string of the molecule is CC(NCCSc1ccccc1)C(C)(C)O. The molecule has 0 radical (unpaired) electrons. The lowest BCUT2D eigenvalue weighted by molar-refractivity contribution is 0.0452. The minimum atomic E-state index is -0.655. The van der Waals surface area contributed by atoms with Crippen LogP contribution in [-0.4, -0.2) is 29.0 Å². The molecule has 16 heavy (non-hydrogen) atoms. The van der Waals surface area contributed by atoms with Crippen LogP contribution in [0.25, 0.3) is 0 Å². The van der Waals surface area contributed by atoms with Gasteiger partial charge in [0.15, 0.2) is 0 Å². The average Bonchev–Trinajstić information content (AvgIpc) is 2.24. The van der Waals surface area contributed by atoms with Crippen molar-refractivity contribution in [3.8, 4) is 0 Å². The van der Waals surface area contributed by atoms with Crippen LogP contribution in [-0.2, 0) is 0 Å². The molecular weight excluding hydrogens is 218 g/mol. The van der Waals surface area contributed by atoms with E-state index in [2.05, 4.69) is 29.6 Å². The Morgan fingerprint density at radius 3 is 2.50 bits per heavy atom. The van der Waals surface area contributed by atoms with Gasteiger partial charge < -0.3 is 10.4 Å². The molecule has 0 aliphatic rings. The van der Waals surface area contributed by atoms with Gasteiger partial charge in [-0.25, -0.2) is 0 Å². The number of rotatable bonds is 6. The van der Waals surface area contributed by atoms with Crippen molar-refractivity contribution in [2.45, 2.75) is 37.3 Å². The Kier molecular flexibility index (Phi) is 5.32. The highest BCUT2D eigenvalue weighted by Gasteiger charge is 2.20. The smallest absolute Gasteiger partial charge is 0.0741 e. The van der Waals surface area contributed by atoms with Crippen molar-refractivity contribution < 1.29 is 5.11 Å². The molecule has 0 amide bonds. The Balaban J connectivity index is 2.18. The molecule has 0 saturated carbocycles. The summed E-state index contributed by atoms with van der Waals surface area (Å²) in [4.78, 5) is 1.29.